The van der Waals surface area contributed by atoms with Crippen molar-refractivity contribution in [2.75, 3.05) is 19.8 Å². The van der Waals surface area contributed by atoms with Gasteiger partial charge < -0.3 is 19.1 Å². The third-order valence-corrected chi connectivity index (χ3v) is 4.47. The molecule has 5 heteroatoms. The molecule has 142 valence electrons. The average Bonchev–Trinajstić information content (AvgIpc) is 3.18. The molecule has 0 amide bonds. The molecule has 0 saturated heterocycles. The van der Waals surface area contributed by atoms with Gasteiger partial charge in [0.1, 0.15) is 18.1 Å². The van der Waals surface area contributed by atoms with Crippen molar-refractivity contribution >= 4 is 0 Å². The Morgan fingerprint density at radius 1 is 1.07 bits per heavy atom. The second kappa shape index (κ2) is 9.78. The SMILES string of the molecule is Cc1ccc(C(CCOCCOc2ccccc2)Cn2ccnc2)c(O)c1. The topological polar surface area (TPSA) is 56.5 Å². The highest BCUT2D eigenvalue weighted by molar-refractivity contribution is 5.38. The third kappa shape index (κ3) is 5.86. The normalized spacial score (nSPS) is 12.0. The minimum absolute atomic E-state index is 0.148. The zero-order valence-corrected chi connectivity index (χ0v) is 15.6. The van der Waals surface area contributed by atoms with Gasteiger partial charge in [-0.3, -0.25) is 0 Å². The van der Waals surface area contributed by atoms with Crippen LogP contribution < -0.4 is 4.74 Å². The second-order valence-corrected chi connectivity index (χ2v) is 6.58. The van der Waals surface area contributed by atoms with E-state index in [1.54, 1.807) is 12.5 Å². The number of phenols is 1. The van der Waals surface area contributed by atoms with E-state index < -0.39 is 0 Å². The number of benzene rings is 2. The van der Waals surface area contributed by atoms with Gasteiger partial charge in [0.2, 0.25) is 0 Å². The first-order valence-corrected chi connectivity index (χ1v) is 9.23. The van der Waals surface area contributed by atoms with Crippen molar-refractivity contribution in [3.8, 4) is 11.5 Å². The molecule has 0 saturated carbocycles. The zero-order chi connectivity index (χ0) is 18.9. The summed E-state index contributed by atoms with van der Waals surface area (Å²) in [7, 11) is 0. The molecular formula is C22H26N2O3. The smallest absolute Gasteiger partial charge is 0.119 e. The van der Waals surface area contributed by atoms with Crippen molar-refractivity contribution in [3.63, 3.8) is 0 Å². The molecule has 27 heavy (non-hydrogen) atoms. The van der Waals surface area contributed by atoms with E-state index in [9.17, 15) is 5.11 Å². The van der Waals surface area contributed by atoms with Gasteiger partial charge in [0.25, 0.3) is 0 Å². The fourth-order valence-electron chi connectivity index (χ4n) is 3.06. The van der Waals surface area contributed by atoms with Crippen molar-refractivity contribution < 1.29 is 14.6 Å². The summed E-state index contributed by atoms with van der Waals surface area (Å²) in [6.45, 7) is 4.38. The van der Waals surface area contributed by atoms with Crippen LogP contribution in [0.2, 0.25) is 0 Å². The van der Waals surface area contributed by atoms with Crippen LogP contribution in [0.3, 0.4) is 0 Å². The minimum atomic E-state index is 0.148. The molecular weight excluding hydrogens is 340 g/mol. The lowest BCUT2D eigenvalue weighted by atomic mass is 9.94. The highest BCUT2D eigenvalue weighted by Crippen LogP contribution is 2.30. The van der Waals surface area contributed by atoms with E-state index in [4.69, 9.17) is 9.47 Å². The van der Waals surface area contributed by atoms with Crippen molar-refractivity contribution in [3.05, 3.63) is 78.4 Å². The number of hydrogen-bond acceptors (Lipinski definition) is 4. The number of imidazole rings is 1. The number of para-hydroxylation sites is 1. The zero-order valence-electron chi connectivity index (χ0n) is 15.6. The third-order valence-electron chi connectivity index (χ3n) is 4.47. The Morgan fingerprint density at radius 2 is 1.93 bits per heavy atom. The Morgan fingerprint density at radius 3 is 2.67 bits per heavy atom. The van der Waals surface area contributed by atoms with E-state index in [0.717, 1.165) is 29.8 Å². The van der Waals surface area contributed by atoms with Gasteiger partial charge in [0, 0.05) is 31.5 Å². The summed E-state index contributed by atoms with van der Waals surface area (Å²) < 4.78 is 13.4. The summed E-state index contributed by atoms with van der Waals surface area (Å²) in [4.78, 5) is 4.11. The lowest BCUT2D eigenvalue weighted by Gasteiger charge is -2.19. The Hall–Kier alpha value is -2.79. The highest BCUT2D eigenvalue weighted by Gasteiger charge is 2.16. The number of phenolic OH excluding ortho intramolecular Hbond substituents is 1. The Labute approximate surface area is 160 Å². The van der Waals surface area contributed by atoms with Gasteiger partial charge in [-0.25, -0.2) is 4.98 Å². The Bertz CT molecular complexity index is 804. The van der Waals surface area contributed by atoms with Crippen LogP contribution >= 0.6 is 0 Å². The Kier molecular flexibility index (Phi) is 6.88. The van der Waals surface area contributed by atoms with Crippen LogP contribution in [0.4, 0.5) is 0 Å². The molecule has 0 bridgehead atoms. The quantitative estimate of drug-likeness (QED) is 0.547. The Balaban J connectivity index is 1.50. The second-order valence-electron chi connectivity index (χ2n) is 6.58. The van der Waals surface area contributed by atoms with Gasteiger partial charge in [0.15, 0.2) is 0 Å². The summed E-state index contributed by atoms with van der Waals surface area (Å²) >= 11 is 0. The fourth-order valence-corrected chi connectivity index (χ4v) is 3.06. The molecule has 1 atom stereocenters. The fraction of sp³-hybridized carbons (Fsp3) is 0.318. The average molecular weight is 366 g/mol. The first-order chi connectivity index (χ1) is 13.2. The number of hydrogen-bond donors (Lipinski definition) is 1. The van der Waals surface area contributed by atoms with E-state index in [0.29, 0.717) is 25.6 Å². The highest BCUT2D eigenvalue weighted by atomic mass is 16.5. The number of aryl methyl sites for hydroxylation is 1. The molecule has 2 aromatic carbocycles. The molecule has 0 fully saturated rings. The first-order valence-electron chi connectivity index (χ1n) is 9.23. The van der Waals surface area contributed by atoms with E-state index in [2.05, 4.69) is 4.98 Å². The molecule has 1 unspecified atom stereocenters. The van der Waals surface area contributed by atoms with Crippen LogP contribution in [0.15, 0.2) is 67.3 Å². The number of ether oxygens (including phenoxy) is 2. The van der Waals surface area contributed by atoms with Crippen molar-refractivity contribution in [2.45, 2.75) is 25.8 Å². The maximum absolute atomic E-state index is 10.4. The van der Waals surface area contributed by atoms with Crippen LogP contribution in [-0.4, -0.2) is 34.5 Å². The summed E-state index contributed by atoms with van der Waals surface area (Å²) in [5.41, 5.74) is 1.99. The molecule has 1 aromatic heterocycles. The van der Waals surface area contributed by atoms with Crippen LogP contribution in [0.1, 0.15) is 23.5 Å². The summed E-state index contributed by atoms with van der Waals surface area (Å²) in [6.07, 6.45) is 6.31. The van der Waals surface area contributed by atoms with Crippen LogP contribution in [0.25, 0.3) is 0 Å². The molecule has 0 spiro atoms. The van der Waals surface area contributed by atoms with Gasteiger partial charge in [-0.2, -0.15) is 0 Å². The molecule has 1 heterocycles. The van der Waals surface area contributed by atoms with Crippen LogP contribution in [0.5, 0.6) is 11.5 Å². The predicted molar refractivity (Wildman–Crippen MR) is 105 cm³/mol. The number of aromatic nitrogens is 2. The molecule has 0 aliphatic carbocycles. The van der Waals surface area contributed by atoms with Gasteiger partial charge in [-0.15, -0.1) is 0 Å². The van der Waals surface area contributed by atoms with E-state index >= 15 is 0 Å². The maximum atomic E-state index is 10.4. The van der Waals surface area contributed by atoms with Crippen molar-refractivity contribution in [2.24, 2.45) is 0 Å². The molecule has 0 aliphatic heterocycles. The van der Waals surface area contributed by atoms with Crippen LogP contribution in [-0.2, 0) is 11.3 Å². The standard InChI is InChI=1S/C22H26N2O3/c1-18-7-8-21(22(25)15-18)19(16-24-11-10-23-17-24)9-12-26-13-14-27-20-5-3-2-4-6-20/h2-8,10-11,15,17,19,25H,9,12-14,16H2,1H3. The lowest BCUT2D eigenvalue weighted by molar-refractivity contribution is 0.0937. The first kappa shape index (κ1) is 19.0. The van der Waals surface area contributed by atoms with E-state index in [1.165, 1.54) is 0 Å². The lowest BCUT2D eigenvalue weighted by Crippen LogP contribution is -2.13. The number of rotatable bonds is 10. The predicted octanol–water partition coefficient (Wildman–Crippen LogP) is 4.17. The summed E-state index contributed by atoms with van der Waals surface area (Å²) in [5, 5.41) is 10.4. The molecule has 1 N–H and O–H groups in total. The van der Waals surface area contributed by atoms with Gasteiger partial charge in [0.05, 0.1) is 12.9 Å². The van der Waals surface area contributed by atoms with Gasteiger partial charge >= 0.3 is 0 Å². The van der Waals surface area contributed by atoms with Crippen LogP contribution in [0, 0.1) is 6.92 Å². The monoisotopic (exact) mass is 366 g/mol. The molecule has 3 aromatic rings. The molecule has 5 nitrogen and oxygen atoms in total. The van der Waals surface area contributed by atoms with Gasteiger partial charge in [-0.05, 0) is 42.7 Å². The summed E-state index contributed by atoms with van der Waals surface area (Å²) in [5.74, 6) is 1.34. The van der Waals surface area contributed by atoms with E-state index in [-0.39, 0.29) is 5.92 Å². The number of nitrogens with zero attached hydrogens (tertiary/aromatic N) is 2. The summed E-state index contributed by atoms with van der Waals surface area (Å²) in [6, 6.07) is 15.6. The minimum Gasteiger partial charge on any atom is -0.508 e. The largest absolute Gasteiger partial charge is 0.508 e. The van der Waals surface area contributed by atoms with E-state index in [1.807, 2.05) is 66.2 Å². The van der Waals surface area contributed by atoms with Crippen molar-refractivity contribution in [1.82, 2.24) is 9.55 Å². The van der Waals surface area contributed by atoms with Crippen molar-refractivity contribution in [1.29, 1.82) is 0 Å². The molecule has 0 radical (unpaired) electrons. The molecule has 3 rings (SSSR count). The molecule has 0 aliphatic rings. The van der Waals surface area contributed by atoms with Gasteiger partial charge in [-0.1, -0.05) is 30.3 Å². The number of aromatic hydroxyl groups is 1. The maximum Gasteiger partial charge on any atom is 0.119 e.